The van der Waals surface area contributed by atoms with E-state index in [2.05, 4.69) is 21.2 Å². The summed E-state index contributed by atoms with van der Waals surface area (Å²) in [6.07, 6.45) is 0. The summed E-state index contributed by atoms with van der Waals surface area (Å²) in [4.78, 5) is 23.1. The Bertz CT molecular complexity index is 671. The second-order valence-corrected chi connectivity index (χ2v) is 6.04. The molecular formula is C14H9BrINO3. The van der Waals surface area contributed by atoms with Gasteiger partial charge in [0.25, 0.3) is 5.91 Å². The van der Waals surface area contributed by atoms with Crippen molar-refractivity contribution in [3.63, 3.8) is 0 Å². The van der Waals surface area contributed by atoms with E-state index < -0.39 is 5.97 Å². The van der Waals surface area contributed by atoms with Gasteiger partial charge in [0.15, 0.2) is 0 Å². The molecule has 20 heavy (non-hydrogen) atoms. The number of hydrogen-bond acceptors (Lipinski definition) is 2. The molecule has 2 aromatic rings. The molecule has 6 heteroatoms. The second-order valence-electron chi connectivity index (χ2n) is 3.96. The minimum Gasteiger partial charge on any atom is -0.478 e. The first-order valence-electron chi connectivity index (χ1n) is 5.57. The summed E-state index contributed by atoms with van der Waals surface area (Å²) in [6, 6.07) is 11.7. The van der Waals surface area contributed by atoms with Crippen LogP contribution in [0.2, 0.25) is 0 Å². The van der Waals surface area contributed by atoms with Gasteiger partial charge in [-0.05, 0) is 65.1 Å². The molecule has 2 rings (SSSR count). The Kier molecular flexibility index (Phi) is 4.77. The van der Waals surface area contributed by atoms with E-state index in [-0.39, 0.29) is 11.5 Å². The van der Waals surface area contributed by atoms with E-state index in [4.69, 9.17) is 5.11 Å². The molecule has 0 saturated heterocycles. The van der Waals surface area contributed by atoms with Crippen molar-refractivity contribution in [1.82, 2.24) is 0 Å². The highest BCUT2D eigenvalue weighted by atomic mass is 127. The Morgan fingerprint density at radius 2 is 1.75 bits per heavy atom. The van der Waals surface area contributed by atoms with Crippen LogP contribution >= 0.6 is 38.5 Å². The molecule has 0 heterocycles. The molecule has 0 saturated carbocycles. The zero-order chi connectivity index (χ0) is 14.7. The van der Waals surface area contributed by atoms with Crippen molar-refractivity contribution in [2.45, 2.75) is 0 Å². The summed E-state index contributed by atoms with van der Waals surface area (Å²) >= 11 is 5.24. The summed E-state index contributed by atoms with van der Waals surface area (Å²) in [5.41, 5.74) is 1.12. The van der Waals surface area contributed by atoms with E-state index in [0.717, 1.165) is 4.47 Å². The molecule has 0 unspecified atom stereocenters. The molecule has 0 aliphatic heterocycles. The van der Waals surface area contributed by atoms with Crippen LogP contribution in [0.3, 0.4) is 0 Å². The summed E-state index contributed by atoms with van der Waals surface area (Å²) in [6.45, 7) is 0. The van der Waals surface area contributed by atoms with Crippen LogP contribution in [0.25, 0.3) is 0 Å². The van der Waals surface area contributed by atoms with Gasteiger partial charge in [0.1, 0.15) is 0 Å². The van der Waals surface area contributed by atoms with Crippen LogP contribution in [0.15, 0.2) is 46.9 Å². The molecule has 2 aromatic carbocycles. The minimum atomic E-state index is -1.02. The maximum absolute atomic E-state index is 12.0. The third kappa shape index (κ3) is 3.57. The van der Waals surface area contributed by atoms with Gasteiger partial charge in [0, 0.05) is 19.3 Å². The van der Waals surface area contributed by atoms with Gasteiger partial charge in [0.05, 0.1) is 5.56 Å². The Balaban J connectivity index is 2.21. The van der Waals surface area contributed by atoms with Gasteiger partial charge < -0.3 is 10.4 Å². The normalized spacial score (nSPS) is 10.1. The number of nitrogens with one attached hydrogen (secondary N) is 1. The van der Waals surface area contributed by atoms with Crippen molar-refractivity contribution in [3.8, 4) is 0 Å². The fraction of sp³-hybridized carbons (Fsp3) is 0. The molecule has 2 N–H and O–H groups in total. The zero-order valence-electron chi connectivity index (χ0n) is 10.1. The Hall–Kier alpha value is -1.41. The predicted octanol–water partition coefficient (Wildman–Crippen LogP) is 4.00. The molecule has 0 fully saturated rings. The highest BCUT2D eigenvalue weighted by Gasteiger charge is 2.11. The van der Waals surface area contributed by atoms with Gasteiger partial charge in [-0.3, -0.25) is 4.79 Å². The first kappa shape index (κ1) is 15.0. The predicted molar refractivity (Wildman–Crippen MR) is 88.2 cm³/mol. The fourth-order valence-electron chi connectivity index (χ4n) is 1.57. The number of carboxylic acid groups (broad SMARTS) is 1. The van der Waals surface area contributed by atoms with E-state index in [9.17, 15) is 9.59 Å². The number of anilines is 1. The Labute approximate surface area is 137 Å². The van der Waals surface area contributed by atoms with Crippen LogP contribution in [0, 0.1) is 3.57 Å². The largest absolute Gasteiger partial charge is 0.478 e. The van der Waals surface area contributed by atoms with Crippen molar-refractivity contribution >= 4 is 56.1 Å². The lowest BCUT2D eigenvalue weighted by molar-refractivity contribution is 0.0695. The highest BCUT2D eigenvalue weighted by Crippen LogP contribution is 2.19. The number of benzene rings is 2. The molecule has 1 amide bonds. The lowest BCUT2D eigenvalue weighted by Gasteiger charge is -2.07. The summed E-state index contributed by atoms with van der Waals surface area (Å²) in [5.74, 6) is -1.30. The molecule has 0 aromatic heterocycles. The maximum Gasteiger partial charge on any atom is 0.336 e. The number of carbonyl (C=O) groups is 2. The van der Waals surface area contributed by atoms with Crippen molar-refractivity contribution in [2.75, 3.05) is 5.32 Å². The molecule has 0 radical (unpaired) electrons. The number of aromatic carboxylic acids is 1. The van der Waals surface area contributed by atoms with Gasteiger partial charge in [-0.2, -0.15) is 0 Å². The lowest BCUT2D eigenvalue weighted by Crippen LogP contribution is -2.12. The number of hydrogen-bond donors (Lipinski definition) is 2. The smallest absolute Gasteiger partial charge is 0.336 e. The number of carboxylic acids is 1. The van der Waals surface area contributed by atoms with E-state index in [1.807, 2.05) is 22.6 Å². The van der Waals surface area contributed by atoms with Crippen molar-refractivity contribution < 1.29 is 14.7 Å². The average Bonchev–Trinajstić information content (AvgIpc) is 2.41. The number of halogens is 2. The second kappa shape index (κ2) is 6.36. The van der Waals surface area contributed by atoms with E-state index in [1.54, 1.807) is 36.4 Å². The molecule has 4 nitrogen and oxygen atoms in total. The molecule has 0 atom stereocenters. The first-order chi connectivity index (χ1) is 9.47. The SMILES string of the molecule is O=C(Nc1ccc(I)c(C(=O)O)c1)c1ccc(Br)cc1. The van der Waals surface area contributed by atoms with Crippen LogP contribution in [-0.4, -0.2) is 17.0 Å². The van der Waals surface area contributed by atoms with E-state index >= 15 is 0 Å². The van der Waals surface area contributed by atoms with E-state index in [1.165, 1.54) is 6.07 Å². The third-order valence-corrected chi connectivity index (χ3v) is 4.03. The first-order valence-corrected chi connectivity index (χ1v) is 7.44. The summed E-state index contributed by atoms with van der Waals surface area (Å²) in [5, 5.41) is 11.7. The molecular weight excluding hydrogens is 437 g/mol. The zero-order valence-corrected chi connectivity index (χ0v) is 13.8. The van der Waals surface area contributed by atoms with Gasteiger partial charge in [-0.15, -0.1) is 0 Å². The Morgan fingerprint density at radius 1 is 1.10 bits per heavy atom. The van der Waals surface area contributed by atoms with Crippen LogP contribution in [0.4, 0.5) is 5.69 Å². The third-order valence-electron chi connectivity index (χ3n) is 2.56. The van der Waals surface area contributed by atoms with Crippen LogP contribution in [-0.2, 0) is 0 Å². The van der Waals surface area contributed by atoms with Crippen LogP contribution < -0.4 is 5.32 Å². The molecule has 0 spiro atoms. The number of amides is 1. The van der Waals surface area contributed by atoms with Gasteiger partial charge in [-0.25, -0.2) is 4.79 Å². The average molecular weight is 446 g/mol. The molecule has 0 aliphatic carbocycles. The summed E-state index contributed by atoms with van der Waals surface area (Å²) < 4.78 is 1.51. The number of carbonyl (C=O) groups excluding carboxylic acids is 1. The molecule has 0 bridgehead atoms. The summed E-state index contributed by atoms with van der Waals surface area (Å²) in [7, 11) is 0. The maximum atomic E-state index is 12.0. The monoisotopic (exact) mass is 445 g/mol. The number of rotatable bonds is 3. The molecule has 0 aliphatic rings. The molecule has 102 valence electrons. The van der Waals surface area contributed by atoms with Crippen molar-refractivity contribution in [1.29, 1.82) is 0 Å². The van der Waals surface area contributed by atoms with Crippen molar-refractivity contribution in [3.05, 3.63) is 61.6 Å². The van der Waals surface area contributed by atoms with Gasteiger partial charge >= 0.3 is 5.97 Å². The van der Waals surface area contributed by atoms with Crippen LogP contribution in [0.5, 0.6) is 0 Å². The van der Waals surface area contributed by atoms with Gasteiger partial charge in [-0.1, -0.05) is 15.9 Å². The van der Waals surface area contributed by atoms with E-state index in [0.29, 0.717) is 14.8 Å². The van der Waals surface area contributed by atoms with Gasteiger partial charge in [0.2, 0.25) is 0 Å². The highest BCUT2D eigenvalue weighted by molar-refractivity contribution is 14.1. The van der Waals surface area contributed by atoms with Crippen LogP contribution in [0.1, 0.15) is 20.7 Å². The quantitative estimate of drug-likeness (QED) is 0.701. The Morgan fingerprint density at radius 3 is 2.35 bits per heavy atom. The van der Waals surface area contributed by atoms with Crippen molar-refractivity contribution in [2.24, 2.45) is 0 Å². The topological polar surface area (TPSA) is 66.4 Å². The standard InChI is InChI=1S/C14H9BrINO3/c15-9-3-1-8(2-4-9)13(18)17-10-5-6-12(16)11(7-10)14(19)20/h1-7H,(H,17,18)(H,19,20). The lowest BCUT2D eigenvalue weighted by atomic mass is 10.2. The minimum absolute atomic E-state index is 0.166. The fourth-order valence-corrected chi connectivity index (χ4v) is 2.40.